The zero-order valence-electron chi connectivity index (χ0n) is 42.1. The van der Waals surface area contributed by atoms with Gasteiger partial charge in [0.05, 0.1) is 39.9 Å². The highest BCUT2D eigenvalue weighted by molar-refractivity contribution is 7.47. The maximum atomic E-state index is 12.9. The minimum Gasteiger partial charge on any atom is -0.387 e. The zero-order chi connectivity index (χ0) is 46.4. The zero-order valence-corrected chi connectivity index (χ0v) is 43.0. The summed E-state index contributed by atoms with van der Waals surface area (Å²) in [6.45, 7) is 4.76. The van der Waals surface area contributed by atoms with E-state index in [2.05, 4.69) is 55.6 Å². The molecule has 0 rings (SSSR count). The highest BCUT2D eigenvalue weighted by Gasteiger charge is 2.27. The number of likely N-dealkylation sites (N-methyl/N-ethyl adjacent to an activating group) is 1. The predicted molar refractivity (Wildman–Crippen MR) is 272 cm³/mol. The average Bonchev–Trinajstić information content (AvgIpc) is 3.24. The third-order valence-electron chi connectivity index (χ3n) is 11.7. The highest BCUT2D eigenvalue weighted by atomic mass is 31.2. The molecule has 0 heterocycles. The molecule has 0 aromatic heterocycles. The Morgan fingerprint density at radius 3 is 1.30 bits per heavy atom. The van der Waals surface area contributed by atoms with Crippen LogP contribution in [0.15, 0.2) is 48.6 Å². The van der Waals surface area contributed by atoms with Gasteiger partial charge in [0, 0.05) is 6.42 Å². The fourth-order valence-corrected chi connectivity index (χ4v) is 8.27. The number of nitrogens with zero attached hydrogens (tertiary/aromatic N) is 1. The molecule has 0 saturated heterocycles. The number of aliphatic hydroxyl groups excluding tert-OH is 1. The van der Waals surface area contributed by atoms with E-state index in [1.165, 1.54) is 167 Å². The van der Waals surface area contributed by atoms with Crippen LogP contribution in [0.25, 0.3) is 0 Å². The smallest absolute Gasteiger partial charge is 0.387 e. The minimum absolute atomic E-state index is 0.0529. The summed E-state index contributed by atoms with van der Waals surface area (Å²) in [4.78, 5) is 23.2. The second-order valence-corrected chi connectivity index (χ2v) is 20.7. The van der Waals surface area contributed by atoms with E-state index in [0.717, 1.165) is 51.4 Å². The molecule has 0 saturated carbocycles. The quantitative estimate of drug-likeness (QED) is 0.0243. The normalized spacial score (nSPS) is 14.5. The monoisotopic (exact) mass is 908 g/mol. The van der Waals surface area contributed by atoms with Crippen LogP contribution in [0, 0.1) is 0 Å². The topological polar surface area (TPSA) is 105 Å². The molecule has 9 heteroatoms. The van der Waals surface area contributed by atoms with E-state index >= 15 is 0 Å². The third kappa shape index (κ3) is 48.2. The number of nitrogens with one attached hydrogen (secondary N) is 1. The van der Waals surface area contributed by atoms with Crippen LogP contribution in [-0.4, -0.2) is 73.4 Å². The Morgan fingerprint density at radius 1 is 0.524 bits per heavy atom. The first-order chi connectivity index (χ1) is 30.5. The lowest BCUT2D eigenvalue weighted by molar-refractivity contribution is -0.870. The van der Waals surface area contributed by atoms with Gasteiger partial charge in [0.1, 0.15) is 13.2 Å². The van der Waals surface area contributed by atoms with E-state index < -0.39 is 20.0 Å². The van der Waals surface area contributed by atoms with Crippen molar-refractivity contribution in [3.63, 3.8) is 0 Å². The number of amides is 1. The molecule has 0 aliphatic carbocycles. The number of aliphatic hydroxyl groups is 1. The molecular weight excluding hydrogens is 804 g/mol. The summed E-state index contributed by atoms with van der Waals surface area (Å²) in [7, 11) is 1.55. The number of allylic oxidation sites excluding steroid dienone is 7. The van der Waals surface area contributed by atoms with Crippen LogP contribution in [0.1, 0.15) is 239 Å². The van der Waals surface area contributed by atoms with Crippen LogP contribution in [0.4, 0.5) is 0 Å². The molecule has 1 amide bonds. The maximum absolute atomic E-state index is 12.9. The van der Waals surface area contributed by atoms with E-state index in [1.54, 1.807) is 6.08 Å². The van der Waals surface area contributed by atoms with Gasteiger partial charge in [-0.15, -0.1) is 0 Å². The van der Waals surface area contributed by atoms with E-state index in [1.807, 2.05) is 27.2 Å². The molecular formula is C54H104N2O6P+. The lowest BCUT2D eigenvalue weighted by atomic mass is 10.0. The van der Waals surface area contributed by atoms with Crippen molar-refractivity contribution in [2.24, 2.45) is 0 Å². The fraction of sp³-hybridized carbons (Fsp3) is 0.833. The lowest BCUT2D eigenvalue weighted by Crippen LogP contribution is -2.45. The molecule has 0 aromatic carbocycles. The Morgan fingerprint density at radius 2 is 0.873 bits per heavy atom. The van der Waals surface area contributed by atoms with E-state index in [-0.39, 0.29) is 19.1 Å². The Hall–Kier alpha value is -1.54. The van der Waals surface area contributed by atoms with Crippen LogP contribution < -0.4 is 5.32 Å². The first-order valence-corrected chi connectivity index (χ1v) is 28.0. The lowest BCUT2D eigenvalue weighted by Gasteiger charge is -2.25. The van der Waals surface area contributed by atoms with Crippen molar-refractivity contribution in [1.82, 2.24) is 5.32 Å². The van der Waals surface area contributed by atoms with E-state index in [4.69, 9.17) is 9.05 Å². The molecule has 3 unspecified atom stereocenters. The van der Waals surface area contributed by atoms with Crippen molar-refractivity contribution >= 4 is 13.7 Å². The number of carbonyl (C=O) groups excluding carboxylic acids is 1. The molecule has 0 bridgehead atoms. The van der Waals surface area contributed by atoms with Crippen molar-refractivity contribution in [1.29, 1.82) is 0 Å². The third-order valence-corrected chi connectivity index (χ3v) is 12.7. The standard InChI is InChI=1S/C54H103N2O6P/c1-6-8-10-12-14-16-18-20-21-22-23-24-25-26-27-28-29-30-31-32-33-34-36-38-40-42-44-46-48-54(58)55-52(51-62-63(59,60)61-50-49-56(3,4)5)53(57)47-45-43-41-39-37-35-19-17-15-13-11-9-7-2/h15,17,26-27,37,39,45,47,52-53,57H,6-14,16,18-25,28-36,38,40-44,46,48-51H2,1-5H3,(H-,55,58,59,60)/p+1/b17-15+,27-26-,39-37+,47-45+. The van der Waals surface area contributed by atoms with Crippen LogP contribution in [0.3, 0.4) is 0 Å². The van der Waals surface area contributed by atoms with Gasteiger partial charge in [-0.2, -0.15) is 0 Å². The summed E-state index contributed by atoms with van der Waals surface area (Å²) >= 11 is 0. The molecule has 0 aliphatic heterocycles. The van der Waals surface area contributed by atoms with Gasteiger partial charge in [0.15, 0.2) is 0 Å². The largest absolute Gasteiger partial charge is 0.472 e. The van der Waals surface area contributed by atoms with Gasteiger partial charge in [0.2, 0.25) is 5.91 Å². The molecule has 0 spiro atoms. The van der Waals surface area contributed by atoms with Gasteiger partial charge < -0.3 is 19.8 Å². The van der Waals surface area contributed by atoms with Crippen LogP contribution in [0.5, 0.6) is 0 Å². The first kappa shape index (κ1) is 61.5. The molecule has 8 nitrogen and oxygen atoms in total. The van der Waals surface area contributed by atoms with Gasteiger partial charge in [-0.25, -0.2) is 4.57 Å². The summed E-state index contributed by atoms with van der Waals surface area (Å²) in [6, 6.07) is -0.869. The molecule has 0 aliphatic rings. The molecule has 63 heavy (non-hydrogen) atoms. The molecule has 0 fully saturated rings. The minimum atomic E-state index is -4.35. The highest BCUT2D eigenvalue weighted by Crippen LogP contribution is 2.43. The number of carbonyl (C=O) groups is 1. The van der Waals surface area contributed by atoms with Crippen molar-refractivity contribution in [3.8, 4) is 0 Å². The van der Waals surface area contributed by atoms with Crippen molar-refractivity contribution in [2.75, 3.05) is 40.9 Å². The SMILES string of the molecule is CCCCC/C=C/CC/C=C/CC/C=C/C(O)C(COP(=O)(O)OCC[N+](C)(C)C)NC(=O)CCCCCCCCCCCCCC/C=C\CCCCCCCCCCCCCC. The number of hydrogen-bond donors (Lipinski definition) is 3. The van der Waals surface area contributed by atoms with Crippen LogP contribution >= 0.6 is 7.82 Å². The summed E-state index contributed by atoms with van der Waals surface area (Å²) in [5, 5.41) is 13.8. The number of quaternary nitrogens is 1. The fourth-order valence-electron chi connectivity index (χ4n) is 7.54. The number of phosphoric acid groups is 1. The van der Waals surface area contributed by atoms with Crippen LogP contribution in [-0.2, 0) is 18.4 Å². The van der Waals surface area contributed by atoms with Gasteiger partial charge in [-0.05, 0) is 70.6 Å². The Balaban J connectivity index is 4.16. The van der Waals surface area contributed by atoms with Crippen molar-refractivity contribution in [3.05, 3.63) is 48.6 Å². The Labute approximate surface area is 390 Å². The summed E-state index contributed by atoms with van der Waals surface area (Å²) in [5.41, 5.74) is 0. The molecule has 3 N–H and O–H groups in total. The second kappa shape index (κ2) is 45.6. The summed E-state index contributed by atoms with van der Waals surface area (Å²) in [5.74, 6) is -0.192. The van der Waals surface area contributed by atoms with E-state index in [9.17, 15) is 19.4 Å². The second-order valence-electron chi connectivity index (χ2n) is 19.2. The Bertz CT molecular complexity index is 1170. The number of hydrogen-bond acceptors (Lipinski definition) is 5. The number of phosphoric ester groups is 1. The number of unbranched alkanes of at least 4 members (excludes halogenated alkanes) is 29. The molecule has 3 atom stereocenters. The predicted octanol–water partition coefficient (Wildman–Crippen LogP) is 15.6. The van der Waals surface area contributed by atoms with Gasteiger partial charge in [-0.3, -0.25) is 13.8 Å². The maximum Gasteiger partial charge on any atom is 0.472 e. The van der Waals surface area contributed by atoms with Crippen molar-refractivity contribution < 1.29 is 32.9 Å². The van der Waals surface area contributed by atoms with Gasteiger partial charge >= 0.3 is 7.82 Å². The average molecular weight is 908 g/mol. The Kier molecular flexibility index (Phi) is 44.5. The van der Waals surface area contributed by atoms with Gasteiger partial charge in [-0.1, -0.05) is 210 Å². The van der Waals surface area contributed by atoms with Crippen molar-refractivity contribution in [2.45, 2.75) is 251 Å². The first-order valence-electron chi connectivity index (χ1n) is 26.5. The summed E-state index contributed by atoms with van der Waals surface area (Å²) < 4.78 is 23.6. The molecule has 0 radical (unpaired) electrons. The van der Waals surface area contributed by atoms with Crippen LogP contribution in [0.2, 0.25) is 0 Å². The van der Waals surface area contributed by atoms with E-state index in [0.29, 0.717) is 17.4 Å². The summed E-state index contributed by atoms with van der Waals surface area (Å²) in [6.07, 6.45) is 59.3. The number of rotatable bonds is 48. The molecule has 0 aromatic rings. The van der Waals surface area contributed by atoms with Gasteiger partial charge in [0.25, 0.3) is 0 Å². The molecule has 370 valence electrons.